The molecule has 1 aliphatic rings. The molecule has 0 radical (unpaired) electrons. The van der Waals surface area contributed by atoms with E-state index in [9.17, 15) is 0 Å². The van der Waals surface area contributed by atoms with Gasteiger partial charge in [-0.3, -0.25) is 0 Å². The molecule has 0 bridgehead atoms. The van der Waals surface area contributed by atoms with Crippen molar-refractivity contribution in [3.05, 3.63) is 17.8 Å². The van der Waals surface area contributed by atoms with E-state index < -0.39 is 0 Å². The minimum absolute atomic E-state index is 0.471. The summed E-state index contributed by atoms with van der Waals surface area (Å²) in [5.74, 6) is 0.979. The summed E-state index contributed by atoms with van der Waals surface area (Å²) < 4.78 is 0. The second-order valence-corrected chi connectivity index (χ2v) is 6.06. The number of hydrogen-bond acceptors (Lipinski definition) is 5. The standard InChI is InChI=1S/C15H27N5/c1-12(2)16-11-13-5-6-15(18-17-13)20(4)14-7-9-19(3)10-8-14/h5-6,12,14,16H,7-11H2,1-4H3. The van der Waals surface area contributed by atoms with Crippen LogP contribution in [0.15, 0.2) is 12.1 Å². The van der Waals surface area contributed by atoms with Gasteiger partial charge in [-0.15, -0.1) is 5.10 Å². The summed E-state index contributed by atoms with van der Waals surface area (Å²) in [6, 6.07) is 5.21. The van der Waals surface area contributed by atoms with Gasteiger partial charge in [-0.05, 0) is 45.1 Å². The fourth-order valence-corrected chi connectivity index (χ4v) is 2.51. The molecule has 0 atom stereocenters. The third-order valence-corrected chi connectivity index (χ3v) is 3.99. The van der Waals surface area contributed by atoms with Crippen molar-refractivity contribution < 1.29 is 0 Å². The normalized spacial score (nSPS) is 17.6. The van der Waals surface area contributed by atoms with Crippen LogP contribution >= 0.6 is 0 Å². The summed E-state index contributed by atoms with van der Waals surface area (Å²) in [6.45, 7) is 7.38. The average molecular weight is 277 g/mol. The van der Waals surface area contributed by atoms with E-state index in [1.165, 1.54) is 25.9 Å². The molecule has 0 aliphatic carbocycles. The Balaban J connectivity index is 1.91. The average Bonchev–Trinajstić information content (AvgIpc) is 2.46. The molecule has 1 saturated heterocycles. The number of hydrogen-bond donors (Lipinski definition) is 1. The lowest BCUT2D eigenvalue weighted by atomic mass is 10.0. The van der Waals surface area contributed by atoms with Crippen LogP contribution in [0.2, 0.25) is 0 Å². The zero-order valence-corrected chi connectivity index (χ0v) is 13.1. The Bertz CT molecular complexity index is 395. The zero-order valence-electron chi connectivity index (χ0n) is 13.1. The van der Waals surface area contributed by atoms with Gasteiger partial charge in [0.15, 0.2) is 5.82 Å². The summed E-state index contributed by atoms with van der Waals surface area (Å²) in [5, 5.41) is 12.0. The van der Waals surface area contributed by atoms with Crippen LogP contribution in [0.4, 0.5) is 5.82 Å². The molecule has 20 heavy (non-hydrogen) atoms. The van der Waals surface area contributed by atoms with Crippen LogP contribution in [0.5, 0.6) is 0 Å². The van der Waals surface area contributed by atoms with Gasteiger partial charge in [-0.1, -0.05) is 13.8 Å². The quantitative estimate of drug-likeness (QED) is 0.884. The Morgan fingerprint density at radius 3 is 2.55 bits per heavy atom. The molecule has 1 aliphatic heterocycles. The SMILES string of the molecule is CC(C)NCc1ccc(N(C)C2CCN(C)CC2)nn1. The van der Waals surface area contributed by atoms with Crippen LogP contribution in [0.25, 0.3) is 0 Å². The molecule has 0 aromatic carbocycles. The van der Waals surface area contributed by atoms with Crippen LogP contribution in [-0.4, -0.2) is 54.4 Å². The maximum atomic E-state index is 4.37. The minimum atomic E-state index is 0.471. The Morgan fingerprint density at radius 1 is 1.30 bits per heavy atom. The number of aromatic nitrogens is 2. The molecule has 112 valence electrons. The molecule has 2 heterocycles. The Labute approximate surface area is 122 Å². The molecule has 1 aromatic rings. The van der Waals surface area contributed by atoms with Crippen molar-refractivity contribution >= 4 is 5.82 Å². The first-order valence-electron chi connectivity index (χ1n) is 7.53. The molecule has 0 amide bonds. The molecule has 1 N–H and O–H groups in total. The molecule has 1 fully saturated rings. The molecule has 0 spiro atoms. The first-order chi connectivity index (χ1) is 9.56. The van der Waals surface area contributed by atoms with Crippen LogP contribution < -0.4 is 10.2 Å². The van der Waals surface area contributed by atoms with Crippen molar-refractivity contribution in [1.29, 1.82) is 0 Å². The maximum absolute atomic E-state index is 4.37. The Hall–Kier alpha value is -1.20. The lowest BCUT2D eigenvalue weighted by Crippen LogP contribution is -2.42. The van der Waals surface area contributed by atoms with Gasteiger partial charge in [0.2, 0.25) is 0 Å². The van der Waals surface area contributed by atoms with E-state index in [0.29, 0.717) is 12.1 Å². The minimum Gasteiger partial charge on any atom is -0.355 e. The van der Waals surface area contributed by atoms with E-state index in [-0.39, 0.29) is 0 Å². The number of piperidine rings is 1. The molecule has 0 unspecified atom stereocenters. The van der Waals surface area contributed by atoms with Crippen molar-refractivity contribution in [2.24, 2.45) is 0 Å². The molecule has 1 aromatic heterocycles. The van der Waals surface area contributed by atoms with Crippen molar-refractivity contribution in [3.8, 4) is 0 Å². The lowest BCUT2D eigenvalue weighted by molar-refractivity contribution is 0.252. The number of rotatable bonds is 5. The highest BCUT2D eigenvalue weighted by atomic mass is 15.3. The monoisotopic (exact) mass is 277 g/mol. The fraction of sp³-hybridized carbons (Fsp3) is 0.733. The number of likely N-dealkylation sites (tertiary alicyclic amines) is 1. The predicted molar refractivity (Wildman–Crippen MR) is 82.9 cm³/mol. The van der Waals surface area contributed by atoms with Crippen molar-refractivity contribution in [2.75, 3.05) is 32.1 Å². The van der Waals surface area contributed by atoms with E-state index >= 15 is 0 Å². The van der Waals surface area contributed by atoms with E-state index in [1.807, 2.05) is 0 Å². The molecule has 5 nitrogen and oxygen atoms in total. The summed E-state index contributed by atoms with van der Waals surface area (Å²) in [4.78, 5) is 4.66. The van der Waals surface area contributed by atoms with Gasteiger partial charge in [-0.2, -0.15) is 5.10 Å². The molecule has 2 rings (SSSR count). The largest absolute Gasteiger partial charge is 0.355 e. The highest BCUT2D eigenvalue weighted by Gasteiger charge is 2.21. The highest BCUT2D eigenvalue weighted by molar-refractivity contribution is 5.37. The van der Waals surface area contributed by atoms with Gasteiger partial charge in [0.25, 0.3) is 0 Å². The van der Waals surface area contributed by atoms with Crippen molar-refractivity contribution in [3.63, 3.8) is 0 Å². The Morgan fingerprint density at radius 2 is 2.00 bits per heavy atom. The van der Waals surface area contributed by atoms with Gasteiger partial charge >= 0.3 is 0 Å². The van der Waals surface area contributed by atoms with Crippen LogP contribution in [-0.2, 0) is 6.54 Å². The zero-order chi connectivity index (χ0) is 14.5. The van der Waals surface area contributed by atoms with E-state index in [4.69, 9.17) is 0 Å². The van der Waals surface area contributed by atoms with E-state index in [0.717, 1.165) is 18.1 Å². The fourth-order valence-electron chi connectivity index (χ4n) is 2.51. The van der Waals surface area contributed by atoms with Crippen LogP contribution in [0, 0.1) is 0 Å². The molecule has 0 saturated carbocycles. The number of nitrogens with zero attached hydrogens (tertiary/aromatic N) is 4. The topological polar surface area (TPSA) is 44.3 Å². The lowest BCUT2D eigenvalue weighted by Gasteiger charge is -2.35. The van der Waals surface area contributed by atoms with Gasteiger partial charge in [0, 0.05) is 25.7 Å². The van der Waals surface area contributed by atoms with Crippen LogP contribution in [0.1, 0.15) is 32.4 Å². The second kappa shape index (κ2) is 6.99. The third kappa shape index (κ3) is 4.15. The van der Waals surface area contributed by atoms with Crippen molar-refractivity contribution in [1.82, 2.24) is 20.4 Å². The first kappa shape index (κ1) is 15.2. The van der Waals surface area contributed by atoms with Gasteiger partial charge < -0.3 is 15.1 Å². The van der Waals surface area contributed by atoms with Crippen LogP contribution in [0.3, 0.4) is 0 Å². The predicted octanol–water partition coefficient (Wildman–Crippen LogP) is 1.50. The van der Waals surface area contributed by atoms with E-state index in [2.05, 4.69) is 65.4 Å². The molecule has 5 heteroatoms. The van der Waals surface area contributed by atoms with Gasteiger partial charge in [0.05, 0.1) is 5.69 Å². The van der Waals surface area contributed by atoms with Gasteiger partial charge in [0.1, 0.15) is 0 Å². The summed E-state index contributed by atoms with van der Waals surface area (Å²) in [6.07, 6.45) is 2.40. The molecular formula is C15H27N5. The highest BCUT2D eigenvalue weighted by Crippen LogP contribution is 2.19. The Kier molecular flexibility index (Phi) is 5.31. The maximum Gasteiger partial charge on any atom is 0.151 e. The van der Waals surface area contributed by atoms with Gasteiger partial charge in [-0.25, -0.2) is 0 Å². The summed E-state index contributed by atoms with van der Waals surface area (Å²) in [5.41, 5.74) is 0.999. The third-order valence-electron chi connectivity index (χ3n) is 3.99. The van der Waals surface area contributed by atoms with Crippen molar-refractivity contribution in [2.45, 2.75) is 45.3 Å². The molecular weight excluding hydrogens is 250 g/mol. The first-order valence-corrected chi connectivity index (χ1v) is 7.53. The summed E-state index contributed by atoms with van der Waals surface area (Å²) in [7, 11) is 4.32. The van der Waals surface area contributed by atoms with E-state index in [1.54, 1.807) is 0 Å². The second-order valence-electron chi connectivity index (χ2n) is 6.06. The number of anilines is 1. The summed E-state index contributed by atoms with van der Waals surface area (Å²) >= 11 is 0. The number of nitrogens with one attached hydrogen (secondary N) is 1. The smallest absolute Gasteiger partial charge is 0.151 e.